The van der Waals surface area contributed by atoms with Crippen molar-refractivity contribution in [1.29, 1.82) is 0 Å². The monoisotopic (exact) mass is 504 g/mol. The predicted octanol–water partition coefficient (Wildman–Crippen LogP) is 6.09. The molecule has 0 spiro atoms. The number of rotatable bonds is 8. The van der Waals surface area contributed by atoms with Gasteiger partial charge in [-0.15, -0.1) is 0 Å². The highest BCUT2D eigenvalue weighted by Crippen LogP contribution is 2.35. The summed E-state index contributed by atoms with van der Waals surface area (Å²) in [7, 11) is 3.79. The smallest absolute Gasteiger partial charge is 0.145 e. The topological polar surface area (TPSA) is 68.7 Å². The Morgan fingerprint density at radius 3 is 2.64 bits per heavy atom. The zero-order valence-electron chi connectivity index (χ0n) is 20.4. The van der Waals surface area contributed by atoms with Crippen molar-refractivity contribution in [2.75, 3.05) is 32.6 Å². The molecule has 0 amide bonds. The number of nitrogens with one attached hydrogen (secondary N) is 1. The fourth-order valence-corrected chi connectivity index (χ4v) is 4.54. The lowest BCUT2D eigenvalue weighted by molar-refractivity contribution is 0.116. The van der Waals surface area contributed by atoms with Crippen LogP contribution in [0, 0.1) is 0 Å². The van der Waals surface area contributed by atoms with E-state index in [-0.39, 0.29) is 6.10 Å². The second kappa shape index (κ2) is 11.0. The third-order valence-corrected chi connectivity index (χ3v) is 6.60. The van der Waals surface area contributed by atoms with E-state index < -0.39 is 0 Å². The van der Waals surface area contributed by atoms with E-state index in [1.54, 1.807) is 13.4 Å². The van der Waals surface area contributed by atoms with Gasteiger partial charge >= 0.3 is 0 Å². The molecule has 2 heterocycles. The maximum absolute atomic E-state index is 6.56. The van der Waals surface area contributed by atoms with Crippen LogP contribution in [0.3, 0.4) is 0 Å². The molecule has 1 fully saturated rings. The summed E-state index contributed by atoms with van der Waals surface area (Å²) in [5.41, 5.74) is 2.61. The molecule has 1 saturated heterocycles. The van der Waals surface area contributed by atoms with Crippen molar-refractivity contribution in [2.24, 2.45) is 0 Å². The van der Waals surface area contributed by atoms with Crippen molar-refractivity contribution < 1.29 is 14.2 Å². The van der Waals surface area contributed by atoms with Gasteiger partial charge in [0.1, 0.15) is 42.1 Å². The summed E-state index contributed by atoms with van der Waals surface area (Å²) in [5, 5.41) is 4.75. The van der Waals surface area contributed by atoms with Gasteiger partial charge in [0, 0.05) is 18.8 Å². The molecular weight excluding hydrogens is 476 g/mol. The van der Waals surface area contributed by atoms with E-state index in [4.69, 9.17) is 25.8 Å². The largest absolute Gasteiger partial charge is 0.497 e. The van der Waals surface area contributed by atoms with Gasteiger partial charge in [-0.1, -0.05) is 29.8 Å². The number of likely N-dealkylation sites (tertiary alicyclic amines) is 1. The van der Waals surface area contributed by atoms with E-state index in [2.05, 4.69) is 27.2 Å². The van der Waals surface area contributed by atoms with E-state index in [1.165, 1.54) is 0 Å². The Morgan fingerprint density at radius 2 is 1.83 bits per heavy atom. The Morgan fingerprint density at radius 1 is 1.00 bits per heavy atom. The quantitative estimate of drug-likeness (QED) is 0.311. The van der Waals surface area contributed by atoms with Crippen molar-refractivity contribution in [3.8, 4) is 17.2 Å². The molecule has 0 aliphatic carbocycles. The van der Waals surface area contributed by atoms with Gasteiger partial charge in [-0.05, 0) is 67.9 Å². The van der Waals surface area contributed by atoms with Crippen LogP contribution in [0.2, 0.25) is 5.02 Å². The van der Waals surface area contributed by atoms with Crippen LogP contribution in [0.4, 0.5) is 11.5 Å². The zero-order valence-corrected chi connectivity index (χ0v) is 21.2. The highest BCUT2D eigenvalue weighted by molar-refractivity contribution is 6.32. The van der Waals surface area contributed by atoms with Crippen LogP contribution in [0.1, 0.15) is 18.4 Å². The average molecular weight is 505 g/mol. The molecule has 4 aromatic rings. The third kappa shape index (κ3) is 5.64. The standard InChI is InChI=1S/C28H29ClN4O3/c1-33-13-11-21(12-14-33)36-26-8-4-7-24-27(26)28(31-18-30-24)32-20-9-10-25(23(29)16-20)35-17-19-5-3-6-22(15-19)34-2/h3-10,15-16,18,21H,11-14,17H2,1-2H3,(H,30,31,32). The Labute approximate surface area is 216 Å². The van der Waals surface area contributed by atoms with Crippen LogP contribution in [0.15, 0.2) is 67.0 Å². The lowest BCUT2D eigenvalue weighted by atomic mass is 10.1. The summed E-state index contributed by atoms with van der Waals surface area (Å²) in [6, 6.07) is 19.3. The second-order valence-corrected chi connectivity index (χ2v) is 9.31. The molecular formula is C28H29ClN4O3. The summed E-state index contributed by atoms with van der Waals surface area (Å²) in [5.74, 6) is 2.85. The molecule has 36 heavy (non-hydrogen) atoms. The van der Waals surface area contributed by atoms with Crippen LogP contribution in [0.25, 0.3) is 10.9 Å². The van der Waals surface area contributed by atoms with Crippen LogP contribution in [0.5, 0.6) is 17.2 Å². The highest BCUT2D eigenvalue weighted by atomic mass is 35.5. The number of fused-ring (bicyclic) bond motifs is 1. The Bertz CT molecular complexity index is 1340. The molecule has 3 aromatic carbocycles. The first-order valence-electron chi connectivity index (χ1n) is 12.0. The number of piperidine rings is 1. The van der Waals surface area contributed by atoms with E-state index in [1.807, 2.05) is 60.7 Å². The molecule has 5 rings (SSSR count). The second-order valence-electron chi connectivity index (χ2n) is 8.90. The maximum atomic E-state index is 6.56. The van der Waals surface area contributed by atoms with E-state index in [0.717, 1.165) is 59.6 Å². The van der Waals surface area contributed by atoms with E-state index >= 15 is 0 Å². The normalized spacial score (nSPS) is 14.5. The van der Waals surface area contributed by atoms with E-state index in [0.29, 0.717) is 23.2 Å². The SMILES string of the molecule is COc1cccc(COc2ccc(Nc3ncnc4cccc(OC5CCN(C)CC5)c34)cc2Cl)c1. The fourth-order valence-electron chi connectivity index (χ4n) is 4.31. The first-order valence-corrected chi connectivity index (χ1v) is 12.4. The Kier molecular flexibility index (Phi) is 7.39. The van der Waals surface area contributed by atoms with Crippen molar-refractivity contribution in [3.05, 3.63) is 77.6 Å². The molecule has 7 nitrogen and oxygen atoms in total. The van der Waals surface area contributed by atoms with Crippen molar-refractivity contribution in [3.63, 3.8) is 0 Å². The lowest BCUT2D eigenvalue weighted by Gasteiger charge is -2.29. The number of aromatic nitrogens is 2. The van der Waals surface area contributed by atoms with Gasteiger partial charge in [0.25, 0.3) is 0 Å². The third-order valence-electron chi connectivity index (χ3n) is 6.31. The van der Waals surface area contributed by atoms with Crippen molar-refractivity contribution >= 4 is 34.0 Å². The summed E-state index contributed by atoms with van der Waals surface area (Å²) < 4.78 is 17.6. The summed E-state index contributed by atoms with van der Waals surface area (Å²) in [6.07, 6.45) is 3.72. The van der Waals surface area contributed by atoms with Gasteiger partial charge in [0.2, 0.25) is 0 Å². The van der Waals surface area contributed by atoms with Crippen LogP contribution in [-0.2, 0) is 6.61 Å². The number of benzene rings is 3. The van der Waals surface area contributed by atoms with Gasteiger partial charge in [-0.2, -0.15) is 0 Å². The number of anilines is 2. The van der Waals surface area contributed by atoms with Gasteiger partial charge in [0.05, 0.1) is 23.0 Å². The Hall–Kier alpha value is -3.55. The molecule has 0 saturated carbocycles. The molecule has 0 atom stereocenters. The number of nitrogens with zero attached hydrogens (tertiary/aromatic N) is 3. The van der Waals surface area contributed by atoms with Crippen LogP contribution in [-0.4, -0.2) is 48.2 Å². The molecule has 1 aliphatic heterocycles. The van der Waals surface area contributed by atoms with Crippen molar-refractivity contribution in [2.45, 2.75) is 25.6 Å². The van der Waals surface area contributed by atoms with Crippen molar-refractivity contribution in [1.82, 2.24) is 14.9 Å². The summed E-state index contributed by atoms with van der Waals surface area (Å²) >= 11 is 6.56. The lowest BCUT2D eigenvalue weighted by Crippen LogP contribution is -2.35. The molecule has 0 unspecified atom stereocenters. The minimum atomic E-state index is 0.176. The number of hydrogen-bond acceptors (Lipinski definition) is 7. The minimum absolute atomic E-state index is 0.176. The van der Waals surface area contributed by atoms with Gasteiger partial charge in [0.15, 0.2) is 0 Å². The molecule has 8 heteroatoms. The molecule has 0 bridgehead atoms. The zero-order chi connectivity index (χ0) is 24.9. The number of ether oxygens (including phenoxy) is 3. The number of halogens is 1. The summed E-state index contributed by atoms with van der Waals surface area (Å²) in [4.78, 5) is 11.3. The first-order chi connectivity index (χ1) is 17.6. The summed E-state index contributed by atoms with van der Waals surface area (Å²) in [6.45, 7) is 2.45. The first kappa shape index (κ1) is 24.2. The van der Waals surface area contributed by atoms with Gasteiger partial charge in [-0.3, -0.25) is 0 Å². The fraction of sp³-hybridized carbons (Fsp3) is 0.286. The molecule has 1 aromatic heterocycles. The van der Waals surface area contributed by atoms with Gasteiger partial charge < -0.3 is 24.4 Å². The van der Waals surface area contributed by atoms with Gasteiger partial charge in [-0.25, -0.2) is 9.97 Å². The van der Waals surface area contributed by atoms with E-state index in [9.17, 15) is 0 Å². The average Bonchev–Trinajstić information content (AvgIpc) is 2.90. The minimum Gasteiger partial charge on any atom is -0.497 e. The molecule has 1 aliphatic rings. The Balaban J connectivity index is 1.33. The highest BCUT2D eigenvalue weighted by Gasteiger charge is 2.20. The number of hydrogen-bond donors (Lipinski definition) is 1. The number of methoxy groups -OCH3 is 1. The molecule has 1 N–H and O–H groups in total. The molecule has 0 radical (unpaired) electrons. The maximum Gasteiger partial charge on any atom is 0.145 e. The van der Waals surface area contributed by atoms with Crippen LogP contribution < -0.4 is 19.5 Å². The predicted molar refractivity (Wildman–Crippen MR) is 143 cm³/mol. The van der Waals surface area contributed by atoms with Crippen LogP contribution >= 0.6 is 11.6 Å². The molecule has 186 valence electrons.